The number of methoxy groups -OCH3 is 1. The number of ether oxygens (including phenoxy) is 1. The number of hydrogen-bond donors (Lipinski definition) is 2. The summed E-state index contributed by atoms with van der Waals surface area (Å²) in [5.74, 6) is 0. The van der Waals surface area contributed by atoms with Crippen LogP contribution in [0.5, 0.6) is 0 Å². The Hall–Kier alpha value is -0.120. The third-order valence-electron chi connectivity index (χ3n) is 2.46. The fraction of sp³-hybridized carbons (Fsp3) is 1.00. The molecule has 0 spiro atoms. The van der Waals surface area contributed by atoms with Gasteiger partial charge in [0.1, 0.15) is 0 Å². The third kappa shape index (κ3) is 3.09. The maximum absolute atomic E-state index is 5.63. The summed E-state index contributed by atoms with van der Waals surface area (Å²) in [6.45, 7) is 3.08. The average Bonchev–Trinajstić information content (AvgIpc) is 1.93. The summed E-state index contributed by atoms with van der Waals surface area (Å²) < 4.78 is 5.18. The van der Waals surface area contributed by atoms with Crippen LogP contribution in [0.4, 0.5) is 0 Å². The zero-order valence-electron chi connectivity index (χ0n) is 8.05. The predicted molar refractivity (Wildman–Crippen MR) is 50.1 cm³/mol. The van der Waals surface area contributed by atoms with E-state index in [0.717, 1.165) is 25.8 Å². The first-order chi connectivity index (χ1) is 5.72. The Labute approximate surface area is 74.7 Å². The fourth-order valence-electron chi connectivity index (χ4n) is 1.44. The molecule has 0 aromatic heterocycles. The van der Waals surface area contributed by atoms with Crippen LogP contribution in [0.2, 0.25) is 0 Å². The molecule has 0 radical (unpaired) electrons. The Kier molecular flexibility index (Phi) is 3.98. The summed E-state index contributed by atoms with van der Waals surface area (Å²) in [5, 5.41) is 3.45. The molecule has 0 aromatic rings. The van der Waals surface area contributed by atoms with Crippen molar-refractivity contribution in [1.82, 2.24) is 5.32 Å². The highest BCUT2D eigenvalue weighted by Crippen LogP contribution is 2.22. The Morgan fingerprint density at radius 2 is 2.25 bits per heavy atom. The van der Waals surface area contributed by atoms with E-state index in [0.29, 0.717) is 18.2 Å². The van der Waals surface area contributed by atoms with Gasteiger partial charge in [0.2, 0.25) is 0 Å². The van der Waals surface area contributed by atoms with Crippen LogP contribution in [0.15, 0.2) is 0 Å². The van der Waals surface area contributed by atoms with Crippen molar-refractivity contribution in [3.63, 3.8) is 0 Å². The standard InChI is InChI=1S/C9H20N2O/c1-7(10)3-4-11-8-5-9(6-8)12-2/h7-9,11H,3-6,10H2,1-2H3. The number of nitrogens with one attached hydrogen (secondary N) is 1. The van der Waals surface area contributed by atoms with E-state index in [1.165, 1.54) is 0 Å². The molecule has 1 unspecified atom stereocenters. The highest BCUT2D eigenvalue weighted by atomic mass is 16.5. The lowest BCUT2D eigenvalue weighted by molar-refractivity contribution is 0.0174. The minimum atomic E-state index is 0.316. The first-order valence-electron chi connectivity index (χ1n) is 4.74. The van der Waals surface area contributed by atoms with E-state index in [1.54, 1.807) is 7.11 Å². The highest BCUT2D eigenvalue weighted by molar-refractivity contribution is 4.85. The third-order valence-corrected chi connectivity index (χ3v) is 2.46. The molecule has 0 amide bonds. The van der Waals surface area contributed by atoms with Gasteiger partial charge in [-0.25, -0.2) is 0 Å². The second-order valence-corrected chi connectivity index (χ2v) is 3.75. The monoisotopic (exact) mass is 172 g/mol. The molecule has 1 fully saturated rings. The van der Waals surface area contributed by atoms with Crippen molar-refractivity contribution in [2.24, 2.45) is 5.73 Å². The van der Waals surface area contributed by atoms with Crippen LogP contribution in [-0.2, 0) is 4.74 Å². The first-order valence-corrected chi connectivity index (χ1v) is 4.74. The van der Waals surface area contributed by atoms with E-state index in [-0.39, 0.29) is 0 Å². The van der Waals surface area contributed by atoms with Crippen LogP contribution in [0.3, 0.4) is 0 Å². The molecule has 1 aliphatic rings. The zero-order valence-corrected chi connectivity index (χ0v) is 8.05. The molecule has 12 heavy (non-hydrogen) atoms. The summed E-state index contributed by atoms with van der Waals surface area (Å²) in [6.07, 6.45) is 3.89. The van der Waals surface area contributed by atoms with Gasteiger partial charge in [-0.05, 0) is 32.7 Å². The zero-order chi connectivity index (χ0) is 8.97. The van der Waals surface area contributed by atoms with E-state index in [4.69, 9.17) is 10.5 Å². The van der Waals surface area contributed by atoms with Crippen molar-refractivity contribution in [2.45, 2.75) is 44.4 Å². The SMILES string of the molecule is COC1CC(NCCC(C)N)C1. The molecule has 0 aliphatic heterocycles. The van der Waals surface area contributed by atoms with Crippen molar-refractivity contribution < 1.29 is 4.74 Å². The maximum atomic E-state index is 5.63. The highest BCUT2D eigenvalue weighted by Gasteiger charge is 2.27. The second kappa shape index (κ2) is 4.80. The van der Waals surface area contributed by atoms with E-state index >= 15 is 0 Å². The molecular weight excluding hydrogens is 152 g/mol. The lowest BCUT2D eigenvalue weighted by Gasteiger charge is -2.34. The second-order valence-electron chi connectivity index (χ2n) is 3.75. The van der Waals surface area contributed by atoms with Crippen LogP contribution in [0.1, 0.15) is 26.2 Å². The van der Waals surface area contributed by atoms with E-state index in [9.17, 15) is 0 Å². The smallest absolute Gasteiger partial charge is 0.0601 e. The van der Waals surface area contributed by atoms with Gasteiger partial charge in [0.25, 0.3) is 0 Å². The average molecular weight is 172 g/mol. The fourth-order valence-corrected chi connectivity index (χ4v) is 1.44. The molecule has 3 N–H and O–H groups in total. The summed E-state index contributed by atoms with van der Waals surface area (Å²) >= 11 is 0. The minimum Gasteiger partial charge on any atom is -0.381 e. The van der Waals surface area contributed by atoms with Crippen LogP contribution < -0.4 is 11.1 Å². The maximum Gasteiger partial charge on any atom is 0.0601 e. The number of hydrogen-bond acceptors (Lipinski definition) is 3. The van der Waals surface area contributed by atoms with Crippen LogP contribution in [0, 0.1) is 0 Å². The number of nitrogens with two attached hydrogens (primary N) is 1. The molecule has 1 aliphatic carbocycles. The van der Waals surface area contributed by atoms with Crippen molar-refractivity contribution >= 4 is 0 Å². The van der Waals surface area contributed by atoms with Gasteiger partial charge in [-0.2, -0.15) is 0 Å². The molecule has 72 valence electrons. The molecule has 3 heteroatoms. The topological polar surface area (TPSA) is 47.3 Å². The van der Waals surface area contributed by atoms with E-state index in [1.807, 2.05) is 6.92 Å². The molecule has 0 heterocycles. The molecule has 0 saturated heterocycles. The van der Waals surface area contributed by atoms with Crippen molar-refractivity contribution in [1.29, 1.82) is 0 Å². The first kappa shape index (κ1) is 9.96. The van der Waals surface area contributed by atoms with Gasteiger partial charge in [-0.3, -0.25) is 0 Å². The summed E-state index contributed by atoms with van der Waals surface area (Å²) in [7, 11) is 1.78. The largest absolute Gasteiger partial charge is 0.381 e. The van der Waals surface area contributed by atoms with Gasteiger partial charge < -0.3 is 15.8 Å². The summed E-state index contributed by atoms with van der Waals surface area (Å²) in [5.41, 5.74) is 5.63. The number of rotatable bonds is 5. The normalized spacial score (nSPS) is 31.2. The Balaban J connectivity index is 1.90. The quantitative estimate of drug-likeness (QED) is 0.634. The van der Waals surface area contributed by atoms with Crippen molar-refractivity contribution in [3.8, 4) is 0 Å². The lowest BCUT2D eigenvalue weighted by Crippen LogP contribution is -2.45. The van der Waals surface area contributed by atoms with Crippen molar-refractivity contribution in [3.05, 3.63) is 0 Å². The molecule has 1 atom stereocenters. The minimum absolute atomic E-state index is 0.316. The Morgan fingerprint density at radius 3 is 2.75 bits per heavy atom. The molecule has 3 nitrogen and oxygen atoms in total. The molecule has 1 saturated carbocycles. The van der Waals surface area contributed by atoms with Crippen LogP contribution in [0.25, 0.3) is 0 Å². The Morgan fingerprint density at radius 1 is 1.58 bits per heavy atom. The molecule has 0 aromatic carbocycles. The van der Waals surface area contributed by atoms with Gasteiger partial charge in [0.15, 0.2) is 0 Å². The summed E-state index contributed by atoms with van der Waals surface area (Å²) in [4.78, 5) is 0. The molecular formula is C9H20N2O. The lowest BCUT2D eigenvalue weighted by atomic mass is 9.89. The Bertz CT molecular complexity index is 122. The predicted octanol–water partition coefficient (Wildman–Crippen LogP) is 0.491. The van der Waals surface area contributed by atoms with E-state index in [2.05, 4.69) is 5.32 Å². The van der Waals surface area contributed by atoms with Gasteiger partial charge in [0.05, 0.1) is 6.10 Å². The van der Waals surface area contributed by atoms with Crippen LogP contribution in [-0.4, -0.2) is 31.8 Å². The molecule has 0 bridgehead atoms. The van der Waals surface area contributed by atoms with Gasteiger partial charge >= 0.3 is 0 Å². The van der Waals surface area contributed by atoms with E-state index < -0.39 is 0 Å². The van der Waals surface area contributed by atoms with Crippen LogP contribution >= 0.6 is 0 Å². The van der Waals surface area contributed by atoms with Crippen molar-refractivity contribution in [2.75, 3.05) is 13.7 Å². The molecule has 1 rings (SSSR count). The summed E-state index contributed by atoms with van der Waals surface area (Å²) in [6, 6.07) is 0.990. The van der Waals surface area contributed by atoms with Gasteiger partial charge in [-0.1, -0.05) is 0 Å². The van der Waals surface area contributed by atoms with Gasteiger partial charge in [0, 0.05) is 19.2 Å². The van der Waals surface area contributed by atoms with Gasteiger partial charge in [-0.15, -0.1) is 0 Å².